The van der Waals surface area contributed by atoms with E-state index in [1.165, 1.54) is 0 Å². The third kappa shape index (κ3) is 6.22. The van der Waals surface area contributed by atoms with E-state index < -0.39 is 8.07 Å². The molecule has 9 nitrogen and oxygen atoms in total. The quantitative estimate of drug-likeness (QED) is 0.122. The fraction of sp³-hybridized carbons (Fsp3) is 0.419. The molecule has 0 bridgehead atoms. The number of fused-ring (bicyclic) bond motifs is 2. The number of ether oxygens (including phenoxy) is 3. The predicted molar refractivity (Wildman–Crippen MR) is 168 cm³/mol. The van der Waals surface area contributed by atoms with Crippen molar-refractivity contribution < 1.29 is 14.2 Å². The highest BCUT2D eigenvalue weighted by molar-refractivity contribution is 6.76. The molecule has 0 amide bonds. The van der Waals surface area contributed by atoms with Crippen LogP contribution >= 0.6 is 11.6 Å². The molecule has 0 saturated carbocycles. The van der Waals surface area contributed by atoms with Crippen molar-refractivity contribution in [3.05, 3.63) is 59.8 Å². The Morgan fingerprint density at radius 1 is 1.10 bits per heavy atom. The minimum absolute atomic E-state index is 0.0913. The van der Waals surface area contributed by atoms with Crippen LogP contribution in [0.1, 0.15) is 19.2 Å². The molecule has 42 heavy (non-hydrogen) atoms. The monoisotopic (exact) mass is 604 g/mol. The Labute approximate surface area is 251 Å². The number of imidazole rings is 1. The zero-order valence-electron chi connectivity index (χ0n) is 24.9. The summed E-state index contributed by atoms with van der Waals surface area (Å²) in [5, 5.41) is 4.97. The van der Waals surface area contributed by atoms with Crippen molar-refractivity contribution >= 4 is 41.7 Å². The molecule has 0 aliphatic carbocycles. The molecule has 5 aromatic rings. The van der Waals surface area contributed by atoms with Crippen LogP contribution in [0.15, 0.2) is 48.9 Å². The number of nitrogens with zero attached hydrogens (tertiary/aromatic N) is 6. The fourth-order valence-electron chi connectivity index (χ4n) is 5.16. The third-order valence-electron chi connectivity index (χ3n) is 7.75. The van der Waals surface area contributed by atoms with Gasteiger partial charge in [-0.2, -0.15) is 5.10 Å². The average molecular weight is 605 g/mol. The maximum atomic E-state index is 6.87. The molecule has 4 heterocycles. The minimum atomic E-state index is -1.16. The van der Waals surface area contributed by atoms with Gasteiger partial charge in [-0.05, 0) is 43.7 Å². The van der Waals surface area contributed by atoms with Crippen LogP contribution in [0.3, 0.4) is 0 Å². The van der Waals surface area contributed by atoms with Crippen LogP contribution in [0.4, 0.5) is 0 Å². The largest absolute Gasteiger partial charge is 0.456 e. The molecule has 220 valence electrons. The first-order valence-corrected chi connectivity index (χ1v) is 18.4. The molecule has 0 N–H and O–H groups in total. The lowest BCUT2D eigenvalue weighted by Gasteiger charge is -2.21. The van der Waals surface area contributed by atoms with Crippen LogP contribution in [0.5, 0.6) is 11.5 Å². The zero-order valence-corrected chi connectivity index (χ0v) is 26.6. The van der Waals surface area contributed by atoms with Gasteiger partial charge in [0.25, 0.3) is 0 Å². The summed E-state index contributed by atoms with van der Waals surface area (Å²) in [6.07, 6.45) is 6.60. The molecule has 1 aliphatic rings. The van der Waals surface area contributed by atoms with Gasteiger partial charge in [0.1, 0.15) is 34.6 Å². The van der Waals surface area contributed by atoms with E-state index in [2.05, 4.69) is 41.2 Å². The molecule has 1 saturated heterocycles. The summed E-state index contributed by atoms with van der Waals surface area (Å²) in [7, 11) is -1.16. The third-order valence-corrected chi connectivity index (χ3v) is 9.82. The summed E-state index contributed by atoms with van der Waals surface area (Å²) >= 11 is 6.87. The van der Waals surface area contributed by atoms with E-state index in [-0.39, 0.29) is 5.41 Å². The Balaban J connectivity index is 1.23. The van der Waals surface area contributed by atoms with Crippen LogP contribution in [0.2, 0.25) is 30.7 Å². The van der Waals surface area contributed by atoms with Gasteiger partial charge in [0, 0.05) is 51.1 Å². The summed E-state index contributed by atoms with van der Waals surface area (Å²) in [6.45, 7) is 14.8. The second kappa shape index (κ2) is 11.4. The summed E-state index contributed by atoms with van der Waals surface area (Å²) in [6, 6.07) is 10.7. The molecular formula is C31H37ClN6O3Si. The molecule has 3 aromatic heterocycles. The smallest absolute Gasteiger partial charge is 0.148 e. The van der Waals surface area contributed by atoms with Crippen molar-refractivity contribution in [1.29, 1.82) is 0 Å². The van der Waals surface area contributed by atoms with Gasteiger partial charge in [-0.3, -0.25) is 9.67 Å². The van der Waals surface area contributed by atoms with Crippen LogP contribution in [0.25, 0.3) is 33.3 Å². The molecule has 0 radical (unpaired) electrons. The first-order chi connectivity index (χ1) is 20.1. The number of hydrogen-bond donors (Lipinski definition) is 0. The number of hydrogen-bond acceptors (Lipinski definition) is 7. The number of aromatic nitrogens is 6. The zero-order chi connectivity index (χ0) is 29.5. The number of rotatable bonds is 10. The lowest BCUT2D eigenvalue weighted by atomic mass is 9.90. The second-order valence-corrected chi connectivity index (χ2v) is 18.7. The normalized spacial score (nSPS) is 17.5. The van der Waals surface area contributed by atoms with Gasteiger partial charge in [-0.1, -0.05) is 38.2 Å². The van der Waals surface area contributed by atoms with Crippen LogP contribution < -0.4 is 4.74 Å². The van der Waals surface area contributed by atoms with Gasteiger partial charge in [-0.15, -0.1) is 0 Å². The van der Waals surface area contributed by atoms with Gasteiger partial charge < -0.3 is 18.8 Å². The van der Waals surface area contributed by atoms with Crippen molar-refractivity contribution in [3.8, 4) is 22.8 Å². The lowest BCUT2D eigenvalue weighted by molar-refractivity contribution is 0.0885. The van der Waals surface area contributed by atoms with E-state index in [1.54, 1.807) is 6.20 Å². The first-order valence-electron chi connectivity index (χ1n) is 14.4. The van der Waals surface area contributed by atoms with E-state index in [4.69, 9.17) is 35.8 Å². The molecule has 1 aliphatic heterocycles. The van der Waals surface area contributed by atoms with Crippen LogP contribution in [-0.4, -0.2) is 57.2 Å². The molecule has 11 heteroatoms. The molecule has 2 aromatic carbocycles. The van der Waals surface area contributed by atoms with Crippen molar-refractivity contribution in [3.63, 3.8) is 0 Å². The topological polar surface area (TPSA) is 89.1 Å². The summed E-state index contributed by atoms with van der Waals surface area (Å²) in [4.78, 5) is 14.2. The molecular weight excluding hydrogens is 568 g/mol. The Morgan fingerprint density at radius 3 is 2.71 bits per heavy atom. The van der Waals surface area contributed by atoms with Crippen molar-refractivity contribution in [2.45, 2.75) is 59.2 Å². The van der Waals surface area contributed by atoms with Crippen molar-refractivity contribution in [1.82, 2.24) is 29.3 Å². The maximum Gasteiger partial charge on any atom is 0.148 e. The van der Waals surface area contributed by atoms with Gasteiger partial charge in [-0.25, -0.2) is 9.97 Å². The minimum Gasteiger partial charge on any atom is -0.456 e. The van der Waals surface area contributed by atoms with E-state index >= 15 is 0 Å². The standard InChI is InChI=1S/C31H37ClN6O3Si/c1-21-35-24-7-6-23(14-27(24)38(21)20-40-12-13-42(3,4)5)41-28-9-8-25-30(29(28)32)36-26(16-33-25)22-15-34-37(17-22)18-31(2)10-11-39-19-31/h6-9,14-17H,10-13,18-20H2,1-5H3. The van der Waals surface area contributed by atoms with Gasteiger partial charge in [0.15, 0.2) is 0 Å². The van der Waals surface area contributed by atoms with E-state index in [9.17, 15) is 0 Å². The highest BCUT2D eigenvalue weighted by Gasteiger charge is 2.30. The Kier molecular flexibility index (Phi) is 7.82. The fourth-order valence-corrected chi connectivity index (χ4v) is 6.16. The molecule has 0 spiro atoms. The Hall–Kier alpha value is -3.31. The van der Waals surface area contributed by atoms with Crippen molar-refractivity contribution in [2.75, 3.05) is 19.8 Å². The SMILES string of the molecule is Cc1nc2ccc(Oc3ccc4ncc(-c5cnn(CC6(C)CCOC6)c5)nc4c3Cl)cc2n1COCC[Si](C)(C)C. The Bertz CT molecular complexity index is 1740. The van der Waals surface area contributed by atoms with E-state index in [0.29, 0.717) is 40.0 Å². The highest BCUT2D eigenvalue weighted by atomic mass is 35.5. The van der Waals surface area contributed by atoms with Crippen molar-refractivity contribution in [2.24, 2.45) is 5.41 Å². The number of benzene rings is 2. The van der Waals surface area contributed by atoms with Gasteiger partial charge in [0.05, 0.1) is 41.2 Å². The summed E-state index contributed by atoms with van der Waals surface area (Å²) in [5.74, 6) is 2.06. The number of aryl methyl sites for hydroxylation is 1. The second-order valence-electron chi connectivity index (χ2n) is 12.7. The maximum absolute atomic E-state index is 6.87. The molecule has 1 unspecified atom stereocenters. The molecule has 1 atom stereocenters. The van der Waals surface area contributed by atoms with Gasteiger partial charge >= 0.3 is 0 Å². The first kappa shape index (κ1) is 28.8. The summed E-state index contributed by atoms with van der Waals surface area (Å²) < 4.78 is 21.9. The van der Waals surface area contributed by atoms with E-state index in [1.807, 2.05) is 54.3 Å². The predicted octanol–water partition coefficient (Wildman–Crippen LogP) is 7.34. The summed E-state index contributed by atoms with van der Waals surface area (Å²) in [5.41, 5.74) is 4.79. The van der Waals surface area contributed by atoms with Gasteiger partial charge in [0.2, 0.25) is 0 Å². The highest BCUT2D eigenvalue weighted by Crippen LogP contribution is 2.36. The number of halogens is 1. The molecule has 1 fully saturated rings. The van der Waals surface area contributed by atoms with E-state index in [0.717, 1.165) is 61.3 Å². The molecule has 6 rings (SSSR count). The van der Waals surface area contributed by atoms with Crippen LogP contribution in [-0.2, 0) is 22.7 Å². The van der Waals surface area contributed by atoms with Crippen LogP contribution in [0, 0.1) is 12.3 Å². The Morgan fingerprint density at radius 2 is 1.93 bits per heavy atom. The lowest BCUT2D eigenvalue weighted by Crippen LogP contribution is -2.23. The average Bonchev–Trinajstić information content (AvgIpc) is 3.66.